The van der Waals surface area contributed by atoms with E-state index in [1.165, 1.54) is 12.1 Å². The number of rotatable bonds is 9. The Morgan fingerprint density at radius 2 is 1.79 bits per heavy atom. The molecule has 0 aromatic heterocycles. The molecule has 0 aliphatic heterocycles. The monoisotopic (exact) mass is 503 g/mol. The van der Waals surface area contributed by atoms with Crippen LogP contribution in [0.25, 0.3) is 0 Å². The molecule has 0 aliphatic rings. The van der Waals surface area contributed by atoms with E-state index >= 15 is 0 Å². The summed E-state index contributed by atoms with van der Waals surface area (Å²) in [5.41, 5.74) is -0.231. The molecule has 8 nitrogen and oxygen atoms in total. The van der Waals surface area contributed by atoms with Gasteiger partial charge in [0.25, 0.3) is 0 Å². The van der Waals surface area contributed by atoms with Crippen LogP contribution in [0.5, 0.6) is 11.5 Å². The molecule has 0 radical (unpaired) electrons. The number of nitro groups is 1. The number of ether oxygens (including phenoxy) is 1. The predicted molar refractivity (Wildman–Crippen MR) is 111 cm³/mol. The molecule has 3 unspecified atom stereocenters. The van der Waals surface area contributed by atoms with Gasteiger partial charge in [-0.3, -0.25) is 0 Å². The number of hydrogen-bond acceptors (Lipinski definition) is 7. The molecule has 3 atom stereocenters. The molecule has 0 fully saturated rings. The van der Waals surface area contributed by atoms with Gasteiger partial charge in [-0.1, -0.05) is 0 Å². The van der Waals surface area contributed by atoms with Gasteiger partial charge in [0.05, 0.1) is 0 Å². The number of benzene rings is 2. The molecule has 0 saturated carbocycles. The first-order chi connectivity index (χ1) is 13.6. The maximum atomic E-state index is 13.5. The fourth-order valence-electron chi connectivity index (χ4n) is 2.12. The summed E-state index contributed by atoms with van der Waals surface area (Å²) >= 11 is 4.40. The number of carbonyl (C=O) groups excluding carboxylic acids is 1. The average molecular weight is 504 g/mol. The molecule has 2 rings (SSSR count). The van der Waals surface area contributed by atoms with E-state index in [0.29, 0.717) is 5.75 Å². The first-order valence-corrected chi connectivity index (χ1v) is 14.5. The van der Waals surface area contributed by atoms with Crippen molar-refractivity contribution in [3.8, 4) is 11.5 Å². The van der Waals surface area contributed by atoms with Crippen LogP contribution < -0.4 is 9.05 Å². The summed E-state index contributed by atoms with van der Waals surface area (Å²) in [5, 5.41) is 10.8. The zero-order valence-corrected chi connectivity index (χ0v) is 19.7. The van der Waals surface area contributed by atoms with Crippen molar-refractivity contribution in [2.45, 2.75) is 31.6 Å². The molecule has 0 spiro atoms. The van der Waals surface area contributed by atoms with Crippen molar-refractivity contribution in [2.24, 2.45) is 0 Å². The first-order valence-electron chi connectivity index (χ1n) is 8.56. The fraction of sp³-hybridized carbons (Fsp3) is 0.278. The van der Waals surface area contributed by atoms with Crippen LogP contribution in [0.15, 0.2) is 48.5 Å². The molecule has 2 aromatic rings. The van der Waals surface area contributed by atoms with E-state index in [9.17, 15) is 19.5 Å². The van der Waals surface area contributed by atoms with Gasteiger partial charge in [0.1, 0.15) is 0 Å². The van der Waals surface area contributed by atoms with Crippen LogP contribution in [-0.4, -0.2) is 32.3 Å². The Bertz CT molecular complexity index is 926. The second-order valence-electron chi connectivity index (χ2n) is 6.20. The first kappa shape index (κ1) is 23.3. The number of nitrogens with zero attached hydrogens (tertiary/aromatic N) is 1. The van der Waals surface area contributed by atoms with Crippen LogP contribution >= 0.6 is 17.8 Å². The number of para-hydroxylation sites is 1. The Labute approximate surface area is 179 Å². The number of non-ortho nitro benzene ring substituents is 1. The molecule has 0 aliphatic carbocycles. The number of esters is 1. The topological polar surface area (TPSA) is 105 Å². The third-order valence-electron chi connectivity index (χ3n) is 3.37. The molecule has 0 bridgehead atoms. The Hall–Kier alpha value is -2.01. The molecule has 0 N–H and O–H groups in total. The predicted octanol–water partition coefficient (Wildman–Crippen LogP) is 5.01. The summed E-state index contributed by atoms with van der Waals surface area (Å²) in [6.45, 7) is 5.04. The number of carbonyl (C=O) groups is 1. The zero-order chi connectivity index (χ0) is 21.6. The normalized spacial score (nSPS) is 14.4. The third kappa shape index (κ3) is 7.07. The van der Waals surface area contributed by atoms with E-state index in [2.05, 4.69) is 0 Å². The van der Waals surface area contributed by atoms with Crippen LogP contribution in [0.4, 0.5) is 5.69 Å². The van der Waals surface area contributed by atoms with E-state index < -0.39 is 37.0 Å². The van der Waals surface area contributed by atoms with E-state index in [1.54, 1.807) is 51.1 Å². The Morgan fingerprint density at radius 1 is 1.14 bits per heavy atom. The minimum absolute atomic E-state index is 0.0234. The number of halogens is 1. The number of hydrogen-bond donors (Lipinski definition) is 0. The van der Waals surface area contributed by atoms with Crippen molar-refractivity contribution < 1.29 is 28.1 Å². The second-order valence-corrected chi connectivity index (χ2v) is 15.1. The summed E-state index contributed by atoms with van der Waals surface area (Å²) in [6, 6.07) is 11.9. The van der Waals surface area contributed by atoms with Gasteiger partial charge in [0.2, 0.25) is 0 Å². The van der Waals surface area contributed by atoms with Gasteiger partial charge in [-0.15, -0.1) is 0 Å². The van der Waals surface area contributed by atoms with Crippen molar-refractivity contribution in [3.63, 3.8) is 0 Å². The van der Waals surface area contributed by atoms with Gasteiger partial charge in [-0.25, -0.2) is 0 Å². The molecular weight excluding hydrogens is 484 g/mol. The molecule has 156 valence electrons. The summed E-state index contributed by atoms with van der Waals surface area (Å²) in [6.07, 6.45) is -4.12. The molecule has 0 amide bonds. The van der Waals surface area contributed by atoms with E-state index in [0.717, 1.165) is 6.07 Å². The Balaban J connectivity index is 2.30. The molecule has 2 aromatic carbocycles. The Morgan fingerprint density at radius 3 is 2.34 bits per heavy atom. The Kier molecular flexibility index (Phi) is 8.14. The summed E-state index contributed by atoms with van der Waals surface area (Å²) in [7, 11) is 0. The van der Waals surface area contributed by atoms with Crippen molar-refractivity contribution in [3.05, 3.63) is 63.7 Å². The molecule has 11 heteroatoms. The summed E-state index contributed by atoms with van der Waals surface area (Å²) in [4.78, 5) is 22.5. The van der Waals surface area contributed by atoms with Gasteiger partial charge >= 0.3 is 180 Å². The van der Waals surface area contributed by atoms with E-state index in [4.69, 9.17) is 25.4 Å². The van der Waals surface area contributed by atoms with Crippen LogP contribution in [0.3, 0.4) is 0 Å². The molecule has 0 heterocycles. The van der Waals surface area contributed by atoms with E-state index in [1.807, 2.05) is 0 Å². The fourth-order valence-corrected chi connectivity index (χ4v) is 9.67. The standard InChI is InChI=1S/C18H20AsClNO7P/c1-12(2)26-18(22)13(3)19-29(25,27-15-7-5-4-6-8-15)28-17-10-9-14(21(23)24)11-16(17)20/h4-13,19H,1-3H3. The summed E-state index contributed by atoms with van der Waals surface area (Å²) in [5.74, 6) is -0.206. The average Bonchev–Trinajstić information content (AvgIpc) is 2.63. The van der Waals surface area contributed by atoms with Gasteiger partial charge in [0, 0.05) is 0 Å². The zero-order valence-electron chi connectivity index (χ0n) is 15.9. The SMILES string of the molecule is CC(C)OC(=O)C(C)[AsH]P(=O)(Oc1ccccc1)Oc1ccc([N+](=O)[O-])cc1Cl. The van der Waals surface area contributed by atoms with Crippen LogP contribution in [-0.2, 0) is 14.1 Å². The second kappa shape index (κ2) is 10.1. The van der Waals surface area contributed by atoms with Crippen LogP contribution in [0.1, 0.15) is 20.8 Å². The van der Waals surface area contributed by atoms with E-state index in [-0.39, 0.29) is 22.6 Å². The van der Waals surface area contributed by atoms with Crippen molar-refractivity contribution in [2.75, 3.05) is 0 Å². The van der Waals surface area contributed by atoms with Crippen molar-refractivity contribution in [1.82, 2.24) is 0 Å². The van der Waals surface area contributed by atoms with Gasteiger partial charge in [0.15, 0.2) is 0 Å². The van der Waals surface area contributed by atoms with Crippen LogP contribution in [0, 0.1) is 10.1 Å². The number of nitro benzene ring substituents is 1. The van der Waals surface area contributed by atoms with Crippen molar-refractivity contribution in [1.29, 1.82) is 0 Å². The van der Waals surface area contributed by atoms with Gasteiger partial charge < -0.3 is 0 Å². The van der Waals surface area contributed by atoms with Gasteiger partial charge in [-0.05, 0) is 0 Å². The summed E-state index contributed by atoms with van der Waals surface area (Å²) < 4.78 is 29.3. The van der Waals surface area contributed by atoms with Gasteiger partial charge in [-0.2, -0.15) is 0 Å². The quantitative estimate of drug-likeness (QED) is 0.156. The molecular formula is C18H20AsClNO7P. The maximum absolute atomic E-state index is 13.5. The molecule has 0 saturated heterocycles. The third-order valence-corrected chi connectivity index (χ3v) is 11.3. The van der Waals surface area contributed by atoms with Crippen LogP contribution in [0.2, 0.25) is 9.73 Å². The minimum atomic E-state index is -3.81. The molecule has 29 heavy (non-hydrogen) atoms. The van der Waals surface area contributed by atoms with Crippen molar-refractivity contribution >= 4 is 44.7 Å².